The number of esters is 1. The molecule has 0 bridgehead atoms. The first-order chi connectivity index (χ1) is 11.1. The van der Waals surface area contributed by atoms with Crippen molar-refractivity contribution in [3.63, 3.8) is 0 Å². The van der Waals surface area contributed by atoms with Crippen LogP contribution in [0.2, 0.25) is 0 Å². The number of ether oxygens (including phenoxy) is 2. The van der Waals surface area contributed by atoms with Crippen molar-refractivity contribution in [2.24, 2.45) is 0 Å². The molecule has 0 unspecified atom stereocenters. The highest BCUT2D eigenvalue weighted by Gasteiger charge is 2.11. The fraction of sp³-hybridized carbons (Fsp3) is 0.312. The fourth-order valence-electron chi connectivity index (χ4n) is 1.67. The van der Waals surface area contributed by atoms with Gasteiger partial charge in [-0.3, -0.25) is 9.59 Å². The molecule has 1 aromatic rings. The summed E-state index contributed by atoms with van der Waals surface area (Å²) in [7, 11) is 1.49. The Bertz CT molecular complexity index is 620. The van der Waals surface area contributed by atoms with Crippen LogP contribution in [0, 0.1) is 11.3 Å². The Morgan fingerprint density at radius 1 is 1.35 bits per heavy atom. The number of carbonyl (C=O) groups is 2. The van der Waals surface area contributed by atoms with Crippen molar-refractivity contribution in [1.82, 2.24) is 5.32 Å². The second-order valence-electron chi connectivity index (χ2n) is 4.33. The van der Waals surface area contributed by atoms with Crippen LogP contribution in [0.4, 0.5) is 5.69 Å². The van der Waals surface area contributed by atoms with Crippen molar-refractivity contribution in [1.29, 1.82) is 5.26 Å². The molecule has 1 rings (SSSR count). The van der Waals surface area contributed by atoms with Gasteiger partial charge in [0, 0.05) is 12.7 Å². The minimum atomic E-state index is -0.569. The van der Waals surface area contributed by atoms with E-state index in [9.17, 15) is 9.59 Å². The number of benzene rings is 1. The monoisotopic (exact) mass is 317 g/mol. The Labute approximate surface area is 134 Å². The highest BCUT2D eigenvalue weighted by Crippen LogP contribution is 2.23. The summed E-state index contributed by atoms with van der Waals surface area (Å²) in [6.45, 7) is 2.31. The van der Waals surface area contributed by atoms with Crippen molar-refractivity contribution >= 4 is 17.6 Å². The number of hydrogen-bond donors (Lipinski definition) is 2. The molecule has 0 aromatic heterocycles. The van der Waals surface area contributed by atoms with E-state index in [1.165, 1.54) is 13.3 Å². The van der Waals surface area contributed by atoms with Crippen molar-refractivity contribution in [3.8, 4) is 11.8 Å². The SMILES string of the molecule is CCOC(=O)CCN/C=C(/C#N)C(=O)Nc1ccccc1OC. The Hall–Kier alpha value is -3.01. The van der Waals surface area contributed by atoms with Crippen LogP contribution in [0.25, 0.3) is 0 Å². The summed E-state index contributed by atoms with van der Waals surface area (Å²) >= 11 is 0. The highest BCUT2D eigenvalue weighted by atomic mass is 16.5. The molecule has 0 saturated carbocycles. The topological polar surface area (TPSA) is 100 Å². The van der Waals surface area contributed by atoms with Gasteiger partial charge in [0.1, 0.15) is 17.4 Å². The third kappa shape index (κ3) is 6.09. The molecule has 7 nitrogen and oxygen atoms in total. The molecular formula is C16H19N3O4. The number of nitrogens with zero attached hydrogens (tertiary/aromatic N) is 1. The van der Waals surface area contributed by atoms with E-state index in [0.717, 1.165) is 0 Å². The molecule has 7 heteroatoms. The summed E-state index contributed by atoms with van der Waals surface area (Å²) in [6.07, 6.45) is 1.42. The molecule has 0 aliphatic rings. The van der Waals surface area contributed by atoms with Gasteiger partial charge >= 0.3 is 5.97 Å². The number of para-hydroxylation sites is 2. The molecule has 0 radical (unpaired) electrons. The lowest BCUT2D eigenvalue weighted by molar-refractivity contribution is -0.142. The van der Waals surface area contributed by atoms with Crippen LogP contribution in [-0.2, 0) is 14.3 Å². The molecule has 1 aromatic carbocycles. The smallest absolute Gasteiger partial charge is 0.307 e. The lowest BCUT2D eigenvalue weighted by Crippen LogP contribution is -2.19. The largest absolute Gasteiger partial charge is 0.495 e. The van der Waals surface area contributed by atoms with E-state index in [1.54, 1.807) is 37.3 Å². The van der Waals surface area contributed by atoms with Gasteiger partial charge in [0.2, 0.25) is 0 Å². The van der Waals surface area contributed by atoms with Crippen LogP contribution < -0.4 is 15.4 Å². The molecule has 0 heterocycles. The number of nitriles is 1. The molecule has 2 N–H and O–H groups in total. The minimum absolute atomic E-state index is 0.111. The van der Waals surface area contributed by atoms with Crippen LogP contribution in [0.15, 0.2) is 36.0 Å². The molecule has 0 spiro atoms. The maximum Gasteiger partial charge on any atom is 0.307 e. The quantitative estimate of drug-likeness (QED) is 0.327. The Morgan fingerprint density at radius 2 is 2.09 bits per heavy atom. The summed E-state index contributed by atoms with van der Waals surface area (Å²) in [6, 6.07) is 8.68. The lowest BCUT2D eigenvalue weighted by Gasteiger charge is -2.09. The van der Waals surface area contributed by atoms with Crippen molar-refractivity contribution in [2.75, 3.05) is 25.6 Å². The molecule has 0 saturated heterocycles. The van der Waals surface area contributed by atoms with Crippen molar-refractivity contribution in [3.05, 3.63) is 36.0 Å². The van der Waals surface area contributed by atoms with Crippen LogP contribution in [0.3, 0.4) is 0 Å². The zero-order chi connectivity index (χ0) is 17.1. The van der Waals surface area contributed by atoms with Gasteiger partial charge in [0.25, 0.3) is 5.91 Å². The van der Waals surface area contributed by atoms with Gasteiger partial charge in [0.15, 0.2) is 0 Å². The number of nitrogens with one attached hydrogen (secondary N) is 2. The van der Waals surface area contributed by atoms with Gasteiger partial charge in [-0.15, -0.1) is 0 Å². The van der Waals surface area contributed by atoms with Gasteiger partial charge < -0.3 is 20.1 Å². The molecule has 0 atom stereocenters. The van der Waals surface area contributed by atoms with Crippen LogP contribution in [0.5, 0.6) is 5.75 Å². The summed E-state index contributed by atoms with van der Waals surface area (Å²) in [5, 5.41) is 14.4. The van der Waals surface area contributed by atoms with Gasteiger partial charge in [-0.2, -0.15) is 5.26 Å². The van der Waals surface area contributed by atoms with E-state index < -0.39 is 5.91 Å². The number of methoxy groups -OCH3 is 1. The number of rotatable bonds is 8. The number of amides is 1. The van der Waals surface area contributed by atoms with E-state index in [-0.39, 0.29) is 24.5 Å². The molecular weight excluding hydrogens is 298 g/mol. The van der Waals surface area contributed by atoms with E-state index >= 15 is 0 Å². The maximum atomic E-state index is 12.1. The first-order valence-corrected chi connectivity index (χ1v) is 7.06. The Morgan fingerprint density at radius 3 is 2.74 bits per heavy atom. The lowest BCUT2D eigenvalue weighted by atomic mass is 10.2. The van der Waals surface area contributed by atoms with Gasteiger partial charge in [-0.1, -0.05) is 12.1 Å². The summed E-state index contributed by atoms with van der Waals surface area (Å²) in [5.74, 6) is -0.417. The number of carbonyl (C=O) groups excluding carboxylic acids is 2. The fourth-order valence-corrected chi connectivity index (χ4v) is 1.67. The molecule has 0 aliphatic carbocycles. The first-order valence-electron chi connectivity index (χ1n) is 7.06. The normalized spacial score (nSPS) is 10.4. The third-order valence-corrected chi connectivity index (χ3v) is 2.75. The number of hydrogen-bond acceptors (Lipinski definition) is 6. The molecule has 1 amide bonds. The predicted molar refractivity (Wildman–Crippen MR) is 84.6 cm³/mol. The van der Waals surface area contributed by atoms with E-state index in [0.29, 0.717) is 18.0 Å². The van der Waals surface area contributed by atoms with Gasteiger partial charge in [-0.05, 0) is 19.1 Å². The standard InChI is InChI=1S/C16H19N3O4/c1-3-23-15(20)8-9-18-11-12(10-17)16(21)19-13-6-4-5-7-14(13)22-2/h4-7,11,18H,3,8-9H2,1-2H3,(H,19,21)/b12-11-. The van der Waals surface area contributed by atoms with E-state index in [1.807, 2.05) is 0 Å². The minimum Gasteiger partial charge on any atom is -0.495 e. The van der Waals surface area contributed by atoms with Crippen LogP contribution >= 0.6 is 0 Å². The number of anilines is 1. The maximum absolute atomic E-state index is 12.1. The Kier molecular flexibility index (Phi) is 7.72. The van der Waals surface area contributed by atoms with Crippen LogP contribution in [-0.4, -0.2) is 32.1 Å². The second kappa shape index (κ2) is 9.84. The zero-order valence-electron chi connectivity index (χ0n) is 13.1. The highest BCUT2D eigenvalue weighted by molar-refractivity contribution is 6.07. The van der Waals surface area contributed by atoms with Crippen molar-refractivity contribution in [2.45, 2.75) is 13.3 Å². The molecule has 122 valence electrons. The van der Waals surface area contributed by atoms with Crippen molar-refractivity contribution < 1.29 is 19.1 Å². The molecule has 23 heavy (non-hydrogen) atoms. The summed E-state index contributed by atoms with van der Waals surface area (Å²) in [4.78, 5) is 23.2. The predicted octanol–water partition coefficient (Wildman–Crippen LogP) is 1.58. The van der Waals surface area contributed by atoms with Gasteiger partial charge in [-0.25, -0.2) is 0 Å². The summed E-state index contributed by atoms with van der Waals surface area (Å²) < 4.78 is 9.89. The average molecular weight is 317 g/mol. The third-order valence-electron chi connectivity index (χ3n) is 2.75. The average Bonchev–Trinajstić information content (AvgIpc) is 2.55. The second-order valence-corrected chi connectivity index (χ2v) is 4.33. The Balaban J connectivity index is 2.59. The van der Waals surface area contributed by atoms with Crippen LogP contribution in [0.1, 0.15) is 13.3 Å². The molecule has 0 aliphatic heterocycles. The molecule has 0 fully saturated rings. The van der Waals surface area contributed by atoms with E-state index in [4.69, 9.17) is 14.7 Å². The summed E-state index contributed by atoms with van der Waals surface area (Å²) in [5.41, 5.74) is 0.354. The van der Waals surface area contributed by atoms with E-state index in [2.05, 4.69) is 10.6 Å². The van der Waals surface area contributed by atoms with Gasteiger partial charge in [0.05, 0.1) is 25.8 Å². The first kappa shape index (κ1) is 18.0. The zero-order valence-corrected chi connectivity index (χ0v) is 13.1.